The minimum atomic E-state index is -3.73. The van der Waals surface area contributed by atoms with E-state index in [0.29, 0.717) is 5.06 Å². The van der Waals surface area contributed by atoms with Crippen LogP contribution < -0.4 is 0 Å². The van der Waals surface area contributed by atoms with Crippen LogP contribution in [0.3, 0.4) is 0 Å². The van der Waals surface area contributed by atoms with E-state index in [9.17, 15) is 13.6 Å². The Labute approximate surface area is 93.4 Å². The highest BCUT2D eigenvalue weighted by Crippen LogP contribution is 2.32. The number of hydrogen-bond donors (Lipinski definition) is 0. The Morgan fingerprint density at radius 2 is 2.33 bits per heavy atom. The standard InChI is InChI=1S/C7H7ClF2N2O2S/c1-12(14-2)5(13)7(9,10)4-3-15-6(8)11-4/h3H,1-2H3. The van der Waals surface area contributed by atoms with Crippen molar-refractivity contribution in [3.8, 4) is 0 Å². The van der Waals surface area contributed by atoms with E-state index in [-0.39, 0.29) is 4.47 Å². The number of hydrogen-bond acceptors (Lipinski definition) is 4. The van der Waals surface area contributed by atoms with Crippen LogP contribution in [-0.4, -0.2) is 30.1 Å². The van der Waals surface area contributed by atoms with Crippen LogP contribution in [0.25, 0.3) is 0 Å². The molecule has 0 saturated heterocycles. The molecule has 1 heterocycles. The van der Waals surface area contributed by atoms with Crippen molar-refractivity contribution in [2.45, 2.75) is 5.92 Å². The van der Waals surface area contributed by atoms with E-state index in [1.165, 1.54) is 0 Å². The fraction of sp³-hybridized carbons (Fsp3) is 0.429. The second kappa shape index (κ2) is 4.38. The lowest BCUT2D eigenvalue weighted by atomic mass is 10.2. The number of likely N-dealkylation sites (N-methyl/N-ethyl adjacent to an activating group) is 1. The van der Waals surface area contributed by atoms with E-state index >= 15 is 0 Å². The number of carbonyl (C=O) groups excluding carboxylic acids is 1. The summed E-state index contributed by atoms with van der Waals surface area (Å²) < 4.78 is 26.8. The zero-order chi connectivity index (χ0) is 11.6. The van der Waals surface area contributed by atoms with Crippen LogP contribution in [0.5, 0.6) is 0 Å². The third kappa shape index (κ3) is 2.42. The largest absolute Gasteiger partial charge is 0.369 e. The zero-order valence-electron chi connectivity index (χ0n) is 7.83. The lowest BCUT2D eigenvalue weighted by Gasteiger charge is -2.19. The van der Waals surface area contributed by atoms with Gasteiger partial charge in [-0.15, -0.1) is 11.3 Å². The number of nitrogens with zero attached hydrogens (tertiary/aromatic N) is 2. The van der Waals surface area contributed by atoms with Crippen LogP contribution in [-0.2, 0) is 15.6 Å². The van der Waals surface area contributed by atoms with Crippen LogP contribution in [0.1, 0.15) is 5.69 Å². The van der Waals surface area contributed by atoms with Crippen molar-refractivity contribution >= 4 is 28.8 Å². The molecule has 1 amide bonds. The molecule has 0 unspecified atom stereocenters. The molecule has 0 fully saturated rings. The number of alkyl halides is 2. The van der Waals surface area contributed by atoms with Crippen molar-refractivity contribution in [1.29, 1.82) is 0 Å². The number of hydroxylamine groups is 2. The molecular weight excluding hydrogens is 250 g/mol. The van der Waals surface area contributed by atoms with Crippen LogP contribution in [0.4, 0.5) is 8.78 Å². The summed E-state index contributed by atoms with van der Waals surface area (Å²) in [7, 11) is 2.20. The van der Waals surface area contributed by atoms with Gasteiger partial charge in [0.05, 0.1) is 7.11 Å². The van der Waals surface area contributed by atoms with E-state index in [0.717, 1.165) is 30.9 Å². The minimum absolute atomic E-state index is 0.0439. The summed E-state index contributed by atoms with van der Waals surface area (Å²) in [6.07, 6.45) is 0. The molecular formula is C7H7ClF2N2O2S. The molecule has 4 nitrogen and oxygen atoms in total. The highest BCUT2D eigenvalue weighted by Gasteiger charge is 2.45. The SMILES string of the molecule is CON(C)C(=O)C(F)(F)c1csc(Cl)n1. The van der Waals surface area contributed by atoms with Gasteiger partial charge in [-0.05, 0) is 0 Å². The summed E-state index contributed by atoms with van der Waals surface area (Å²) in [6.45, 7) is 0. The van der Waals surface area contributed by atoms with E-state index in [1.54, 1.807) is 0 Å². The van der Waals surface area contributed by atoms with Crippen molar-refractivity contribution in [2.75, 3.05) is 14.2 Å². The molecule has 0 aliphatic rings. The second-order valence-corrected chi connectivity index (χ2v) is 3.99. The summed E-state index contributed by atoms with van der Waals surface area (Å²) in [5.74, 6) is -5.22. The lowest BCUT2D eigenvalue weighted by molar-refractivity contribution is -0.196. The Balaban J connectivity index is 2.96. The first-order valence-electron chi connectivity index (χ1n) is 3.71. The average molecular weight is 257 g/mol. The van der Waals surface area contributed by atoms with Crippen LogP contribution in [0.2, 0.25) is 4.47 Å². The molecule has 0 aliphatic carbocycles. The number of aromatic nitrogens is 1. The van der Waals surface area contributed by atoms with Gasteiger partial charge in [-0.2, -0.15) is 8.78 Å². The van der Waals surface area contributed by atoms with Gasteiger partial charge in [0.15, 0.2) is 4.47 Å². The Kier molecular flexibility index (Phi) is 3.58. The molecule has 0 aliphatic heterocycles. The molecule has 0 spiro atoms. The summed E-state index contributed by atoms with van der Waals surface area (Å²) in [6, 6.07) is 0. The van der Waals surface area contributed by atoms with Gasteiger partial charge < -0.3 is 0 Å². The highest BCUT2D eigenvalue weighted by molar-refractivity contribution is 7.14. The van der Waals surface area contributed by atoms with Crippen LogP contribution >= 0.6 is 22.9 Å². The predicted molar refractivity (Wildman–Crippen MR) is 50.8 cm³/mol. The molecule has 84 valence electrons. The fourth-order valence-electron chi connectivity index (χ4n) is 0.786. The molecule has 0 N–H and O–H groups in total. The third-order valence-electron chi connectivity index (χ3n) is 1.63. The van der Waals surface area contributed by atoms with Gasteiger partial charge in [0, 0.05) is 12.4 Å². The third-order valence-corrected chi connectivity index (χ3v) is 2.60. The maximum atomic E-state index is 13.4. The Morgan fingerprint density at radius 3 is 2.73 bits per heavy atom. The van der Waals surface area contributed by atoms with E-state index in [2.05, 4.69) is 9.82 Å². The van der Waals surface area contributed by atoms with Crippen molar-refractivity contribution in [1.82, 2.24) is 10.0 Å². The minimum Gasteiger partial charge on any atom is -0.274 e. The summed E-state index contributed by atoms with van der Waals surface area (Å²) in [5, 5.41) is 1.47. The van der Waals surface area contributed by atoms with Crippen LogP contribution in [0, 0.1) is 0 Å². The fourth-order valence-corrected chi connectivity index (χ4v) is 1.57. The van der Waals surface area contributed by atoms with Crippen molar-refractivity contribution in [2.24, 2.45) is 0 Å². The topological polar surface area (TPSA) is 42.4 Å². The first-order chi connectivity index (χ1) is 6.89. The predicted octanol–water partition coefficient (Wildman–Crippen LogP) is 1.91. The molecule has 0 bridgehead atoms. The van der Waals surface area contributed by atoms with Gasteiger partial charge in [0.1, 0.15) is 5.69 Å². The van der Waals surface area contributed by atoms with Crippen molar-refractivity contribution < 1.29 is 18.4 Å². The van der Waals surface area contributed by atoms with E-state index < -0.39 is 17.5 Å². The number of amides is 1. The van der Waals surface area contributed by atoms with Gasteiger partial charge in [-0.3, -0.25) is 9.63 Å². The quantitative estimate of drug-likeness (QED) is 0.776. The average Bonchev–Trinajstić information content (AvgIpc) is 2.63. The van der Waals surface area contributed by atoms with Gasteiger partial charge in [-0.1, -0.05) is 11.6 Å². The van der Waals surface area contributed by atoms with Gasteiger partial charge in [0.25, 0.3) is 0 Å². The van der Waals surface area contributed by atoms with E-state index in [1.807, 2.05) is 0 Å². The number of thiazole rings is 1. The molecule has 15 heavy (non-hydrogen) atoms. The van der Waals surface area contributed by atoms with Crippen molar-refractivity contribution in [3.63, 3.8) is 0 Å². The first-order valence-corrected chi connectivity index (χ1v) is 4.97. The van der Waals surface area contributed by atoms with Gasteiger partial charge in [0.2, 0.25) is 0 Å². The maximum absolute atomic E-state index is 13.4. The second-order valence-electron chi connectivity index (χ2n) is 2.55. The molecule has 1 aromatic rings. The lowest BCUT2D eigenvalue weighted by Crippen LogP contribution is -2.39. The number of carbonyl (C=O) groups is 1. The maximum Gasteiger partial charge on any atom is 0.369 e. The smallest absolute Gasteiger partial charge is 0.274 e. The normalized spacial score (nSPS) is 11.5. The Morgan fingerprint density at radius 1 is 1.73 bits per heavy atom. The molecule has 0 saturated carbocycles. The molecule has 0 aromatic carbocycles. The molecule has 0 atom stereocenters. The first kappa shape index (κ1) is 12.3. The zero-order valence-corrected chi connectivity index (χ0v) is 9.40. The number of halogens is 3. The highest BCUT2D eigenvalue weighted by atomic mass is 35.5. The Bertz CT molecular complexity index is 372. The monoisotopic (exact) mass is 256 g/mol. The van der Waals surface area contributed by atoms with Gasteiger partial charge in [-0.25, -0.2) is 10.0 Å². The molecule has 1 rings (SSSR count). The molecule has 8 heteroatoms. The summed E-state index contributed by atoms with van der Waals surface area (Å²) >= 11 is 6.23. The van der Waals surface area contributed by atoms with Crippen molar-refractivity contribution in [3.05, 3.63) is 15.5 Å². The Hall–Kier alpha value is -0.790. The van der Waals surface area contributed by atoms with E-state index in [4.69, 9.17) is 11.6 Å². The van der Waals surface area contributed by atoms with Gasteiger partial charge >= 0.3 is 11.8 Å². The summed E-state index contributed by atoms with van der Waals surface area (Å²) in [5.41, 5.74) is -0.675. The molecule has 0 radical (unpaired) electrons. The number of rotatable bonds is 3. The summed E-state index contributed by atoms with van der Waals surface area (Å²) in [4.78, 5) is 18.9. The van der Waals surface area contributed by atoms with Crippen LogP contribution in [0.15, 0.2) is 5.38 Å². The molecule has 1 aromatic heterocycles.